The van der Waals surface area contributed by atoms with Gasteiger partial charge in [0.25, 0.3) is 0 Å². The van der Waals surface area contributed by atoms with Gasteiger partial charge in [-0.3, -0.25) is 0 Å². The van der Waals surface area contributed by atoms with Gasteiger partial charge in [0.15, 0.2) is 0 Å². The molecule has 0 amide bonds. The molecule has 1 unspecified atom stereocenters. The number of hydrogen-bond donors (Lipinski definition) is 1. The third kappa shape index (κ3) is 3.71. The van der Waals surface area contributed by atoms with E-state index in [2.05, 4.69) is 26.1 Å². The van der Waals surface area contributed by atoms with E-state index in [1.165, 1.54) is 42.6 Å². The topological polar surface area (TPSA) is 12.0 Å². The van der Waals surface area contributed by atoms with E-state index in [0.29, 0.717) is 17.4 Å². The van der Waals surface area contributed by atoms with Gasteiger partial charge in [-0.05, 0) is 56.0 Å². The fourth-order valence-corrected chi connectivity index (χ4v) is 5.08. The van der Waals surface area contributed by atoms with Crippen molar-refractivity contribution in [2.45, 2.75) is 52.5 Å². The predicted molar refractivity (Wildman–Crippen MR) is 91.0 cm³/mol. The molecular formula is C16H25Cl2NS. The molecule has 1 aromatic heterocycles. The number of hydrogen-bond acceptors (Lipinski definition) is 2. The van der Waals surface area contributed by atoms with Gasteiger partial charge in [-0.25, -0.2) is 0 Å². The van der Waals surface area contributed by atoms with E-state index in [1.807, 2.05) is 13.1 Å². The zero-order chi connectivity index (χ0) is 14.9. The van der Waals surface area contributed by atoms with Crippen LogP contribution >= 0.6 is 34.5 Å². The molecule has 20 heavy (non-hydrogen) atoms. The molecule has 0 aromatic carbocycles. The quantitative estimate of drug-likeness (QED) is 0.697. The van der Waals surface area contributed by atoms with E-state index >= 15 is 0 Å². The zero-order valence-electron chi connectivity index (χ0n) is 12.8. The molecule has 0 saturated heterocycles. The van der Waals surface area contributed by atoms with Gasteiger partial charge >= 0.3 is 0 Å². The van der Waals surface area contributed by atoms with Crippen molar-refractivity contribution in [3.63, 3.8) is 0 Å². The molecule has 0 aliphatic heterocycles. The van der Waals surface area contributed by atoms with Crippen molar-refractivity contribution in [1.29, 1.82) is 0 Å². The molecule has 1 aliphatic rings. The Morgan fingerprint density at radius 3 is 2.20 bits per heavy atom. The van der Waals surface area contributed by atoms with Crippen LogP contribution in [0.15, 0.2) is 6.07 Å². The van der Waals surface area contributed by atoms with Crippen molar-refractivity contribution in [2.24, 2.45) is 17.3 Å². The van der Waals surface area contributed by atoms with Crippen LogP contribution in [0.2, 0.25) is 8.67 Å². The van der Waals surface area contributed by atoms with E-state index in [0.717, 1.165) is 14.6 Å². The van der Waals surface area contributed by atoms with Gasteiger partial charge in [0.2, 0.25) is 0 Å². The summed E-state index contributed by atoms with van der Waals surface area (Å²) in [6.45, 7) is 7.09. The van der Waals surface area contributed by atoms with Crippen LogP contribution in [0.5, 0.6) is 0 Å². The van der Waals surface area contributed by atoms with Crippen molar-refractivity contribution >= 4 is 34.5 Å². The highest BCUT2D eigenvalue weighted by Gasteiger charge is 2.33. The van der Waals surface area contributed by atoms with Gasteiger partial charge in [0, 0.05) is 11.6 Å². The predicted octanol–water partition coefficient (Wildman–Crippen LogP) is 6.17. The maximum absolute atomic E-state index is 6.33. The first-order valence-corrected chi connectivity index (χ1v) is 9.02. The molecule has 1 atom stereocenters. The number of rotatable bonds is 3. The minimum atomic E-state index is 0.340. The summed E-state index contributed by atoms with van der Waals surface area (Å²) in [5.41, 5.74) is 1.62. The Morgan fingerprint density at radius 2 is 1.80 bits per heavy atom. The Morgan fingerprint density at radius 1 is 1.20 bits per heavy atom. The summed E-state index contributed by atoms with van der Waals surface area (Å²) in [5.74, 6) is 1.51. The van der Waals surface area contributed by atoms with Crippen molar-refractivity contribution in [3.05, 3.63) is 20.3 Å². The van der Waals surface area contributed by atoms with Crippen LogP contribution in [-0.2, 0) is 0 Å². The van der Waals surface area contributed by atoms with Gasteiger partial charge in [-0.2, -0.15) is 0 Å². The molecule has 1 aromatic rings. The molecule has 0 spiro atoms. The van der Waals surface area contributed by atoms with Gasteiger partial charge in [0.05, 0.1) is 8.67 Å². The smallest absolute Gasteiger partial charge is 0.0992 e. The lowest BCUT2D eigenvalue weighted by atomic mass is 9.68. The molecular weight excluding hydrogens is 309 g/mol. The largest absolute Gasteiger partial charge is 0.313 e. The minimum absolute atomic E-state index is 0.340. The van der Waals surface area contributed by atoms with E-state index in [4.69, 9.17) is 23.2 Å². The van der Waals surface area contributed by atoms with Gasteiger partial charge in [-0.15, -0.1) is 11.3 Å². The SMILES string of the molecule is CNC(c1cc(Cl)sc1Cl)C1CCC(C(C)(C)C)CC1. The molecule has 1 nitrogen and oxygen atoms in total. The fraction of sp³-hybridized carbons (Fsp3) is 0.750. The summed E-state index contributed by atoms with van der Waals surface area (Å²) in [5, 5.41) is 3.46. The maximum atomic E-state index is 6.33. The van der Waals surface area contributed by atoms with E-state index in [-0.39, 0.29) is 0 Å². The van der Waals surface area contributed by atoms with Crippen molar-refractivity contribution in [3.8, 4) is 0 Å². The van der Waals surface area contributed by atoms with Crippen LogP contribution in [0.1, 0.15) is 58.1 Å². The van der Waals surface area contributed by atoms with E-state index < -0.39 is 0 Å². The molecule has 1 N–H and O–H groups in total. The summed E-state index contributed by atoms with van der Waals surface area (Å²) in [4.78, 5) is 0. The monoisotopic (exact) mass is 333 g/mol. The van der Waals surface area contributed by atoms with Crippen LogP contribution in [0.3, 0.4) is 0 Å². The van der Waals surface area contributed by atoms with Crippen molar-refractivity contribution < 1.29 is 0 Å². The summed E-state index contributed by atoms with van der Waals surface area (Å²) < 4.78 is 1.63. The molecule has 114 valence electrons. The van der Waals surface area contributed by atoms with Gasteiger partial charge in [-0.1, -0.05) is 44.0 Å². The lowest BCUT2D eigenvalue weighted by Gasteiger charge is -2.39. The van der Waals surface area contributed by atoms with Gasteiger partial charge in [0.1, 0.15) is 0 Å². The summed E-state index contributed by atoms with van der Waals surface area (Å²) in [7, 11) is 2.03. The first kappa shape index (κ1) is 16.6. The molecule has 0 radical (unpaired) electrons. The first-order chi connectivity index (χ1) is 9.32. The Labute approximate surface area is 137 Å². The molecule has 2 rings (SSSR count). The Kier molecular flexibility index (Phi) is 5.45. The molecule has 0 bridgehead atoms. The highest BCUT2D eigenvalue weighted by Crippen LogP contribution is 2.45. The third-order valence-corrected chi connectivity index (χ3v) is 6.32. The standard InChI is InChI=1S/C16H25Cl2NS/c1-16(2,3)11-7-5-10(6-8-11)14(19-4)12-9-13(17)20-15(12)18/h9-11,14,19H,5-8H2,1-4H3. The minimum Gasteiger partial charge on any atom is -0.313 e. The molecule has 1 aliphatic carbocycles. The average Bonchev–Trinajstić information content (AvgIpc) is 2.69. The summed E-state index contributed by atoms with van der Waals surface area (Å²) >= 11 is 13.9. The van der Waals surface area contributed by atoms with Crippen molar-refractivity contribution in [1.82, 2.24) is 5.32 Å². The summed E-state index contributed by atoms with van der Waals surface area (Å²) in [6, 6.07) is 2.37. The van der Waals surface area contributed by atoms with Crippen LogP contribution in [-0.4, -0.2) is 7.05 Å². The van der Waals surface area contributed by atoms with Gasteiger partial charge < -0.3 is 5.32 Å². The average molecular weight is 334 g/mol. The van der Waals surface area contributed by atoms with Crippen LogP contribution in [0.4, 0.5) is 0 Å². The molecule has 4 heteroatoms. The van der Waals surface area contributed by atoms with E-state index in [9.17, 15) is 0 Å². The lowest BCUT2D eigenvalue weighted by Crippen LogP contribution is -2.32. The number of nitrogens with one attached hydrogen (secondary N) is 1. The number of thiophene rings is 1. The second kappa shape index (κ2) is 6.56. The molecule has 1 fully saturated rings. The second-order valence-electron chi connectivity index (χ2n) is 7.02. The zero-order valence-corrected chi connectivity index (χ0v) is 15.1. The van der Waals surface area contributed by atoms with Crippen LogP contribution in [0, 0.1) is 17.3 Å². The highest BCUT2D eigenvalue weighted by molar-refractivity contribution is 7.20. The first-order valence-electron chi connectivity index (χ1n) is 7.45. The third-order valence-electron chi connectivity index (χ3n) is 4.80. The van der Waals surface area contributed by atoms with Crippen molar-refractivity contribution in [2.75, 3.05) is 7.05 Å². The Balaban J connectivity index is 2.06. The second-order valence-corrected chi connectivity index (χ2v) is 9.31. The highest BCUT2D eigenvalue weighted by atomic mass is 35.5. The number of halogens is 2. The molecule has 1 saturated carbocycles. The summed E-state index contributed by atoms with van der Waals surface area (Å²) in [6.07, 6.45) is 5.19. The normalized spacial score (nSPS) is 25.7. The Bertz CT molecular complexity index is 442. The van der Waals surface area contributed by atoms with E-state index in [1.54, 1.807) is 0 Å². The Hall–Kier alpha value is 0.240. The lowest BCUT2D eigenvalue weighted by molar-refractivity contribution is 0.134. The maximum Gasteiger partial charge on any atom is 0.0992 e. The van der Waals surface area contributed by atoms with Crippen LogP contribution < -0.4 is 5.32 Å². The van der Waals surface area contributed by atoms with Crippen LogP contribution in [0.25, 0.3) is 0 Å². The molecule has 1 heterocycles. The fourth-order valence-electron chi connectivity index (χ4n) is 3.53.